The zero-order valence-electron chi connectivity index (χ0n) is 16.8. The molecule has 0 atom stereocenters. The number of nitrogens with one attached hydrogen (secondary N) is 2. The number of hydrogen-bond acceptors (Lipinski definition) is 4. The number of anilines is 1. The monoisotopic (exact) mass is 433 g/mol. The van der Waals surface area contributed by atoms with E-state index < -0.39 is 27.3 Å². The molecule has 1 aliphatic rings. The van der Waals surface area contributed by atoms with E-state index >= 15 is 0 Å². The van der Waals surface area contributed by atoms with Crippen molar-refractivity contribution >= 4 is 27.5 Å². The van der Waals surface area contributed by atoms with E-state index in [1.165, 1.54) is 10.4 Å². The summed E-state index contributed by atoms with van der Waals surface area (Å²) in [6.45, 7) is 3.91. The van der Waals surface area contributed by atoms with Gasteiger partial charge in [0.1, 0.15) is 5.82 Å². The van der Waals surface area contributed by atoms with Crippen LogP contribution in [0.2, 0.25) is 0 Å². The maximum Gasteiger partial charge on any atom is 0.258 e. The predicted octanol–water partition coefficient (Wildman–Crippen LogP) is 3.00. The quantitative estimate of drug-likeness (QED) is 0.669. The molecule has 1 aliphatic carbocycles. The van der Waals surface area contributed by atoms with Crippen LogP contribution in [0.3, 0.4) is 0 Å². The average molecular weight is 434 g/mol. The molecule has 0 aromatic heterocycles. The molecule has 2 amide bonds. The van der Waals surface area contributed by atoms with Gasteiger partial charge in [-0.2, -0.15) is 4.31 Å². The zero-order valence-corrected chi connectivity index (χ0v) is 17.6. The average Bonchev–Trinajstić information content (AvgIpc) is 3.53. The van der Waals surface area contributed by atoms with E-state index in [0.717, 1.165) is 31.0 Å². The summed E-state index contributed by atoms with van der Waals surface area (Å²) >= 11 is 0. The molecule has 0 spiro atoms. The van der Waals surface area contributed by atoms with E-state index in [-0.39, 0.29) is 29.9 Å². The van der Waals surface area contributed by atoms with E-state index in [9.17, 15) is 22.4 Å². The minimum absolute atomic E-state index is 0.157. The lowest BCUT2D eigenvalue weighted by Crippen LogP contribution is -2.31. The van der Waals surface area contributed by atoms with Crippen LogP contribution in [0.4, 0.5) is 10.1 Å². The Kier molecular flexibility index (Phi) is 6.52. The largest absolute Gasteiger partial charge is 0.349 e. The lowest BCUT2D eigenvalue weighted by Gasteiger charge is -2.19. The van der Waals surface area contributed by atoms with Gasteiger partial charge in [-0.25, -0.2) is 12.8 Å². The van der Waals surface area contributed by atoms with E-state index in [1.807, 2.05) is 0 Å². The highest BCUT2D eigenvalue weighted by Crippen LogP contribution is 2.22. The van der Waals surface area contributed by atoms with Gasteiger partial charge in [0.2, 0.25) is 10.0 Å². The van der Waals surface area contributed by atoms with Gasteiger partial charge in [0.05, 0.1) is 10.5 Å². The third-order valence-electron chi connectivity index (χ3n) is 4.82. The molecule has 2 aromatic rings. The third-order valence-corrected chi connectivity index (χ3v) is 6.87. The van der Waals surface area contributed by atoms with Gasteiger partial charge in [-0.1, -0.05) is 19.9 Å². The first-order valence-corrected chi connectivity index (χ1v) is 11.2. The van der Waals surface area contributed by atoms with Crippen LogP contribution in [-0.2, 0) is 10.0 Å². The minimum Gasteiger partial charge on any atom is -0.349 e. The van der Waals surface area contributed by atoms with E-state index in [1.54, 1.807) is 32.0 Å². The molecule has 0 heterocycles. The van der Waals surface area contributed by atoms with Crippen LogP contribution in [0, 0.1) is 5.82 Å². The van der Waals surface area contributed by atoms with Crippen molar-refractivity contribution in [2.24, 2.45) is 0 Å². The number of rotatable bonds is 8. The molecule has 0 saturated heterocycles. The highest BCUT2D eigenvalue weighted by molar-refractivity contribution is 7.89. The molecule has 0 unspecified atom stereocenters. The maximum atomic E-state index is 14.3. The molecular formula is C21H24FN3O4S. The molecule has 2 aromatic carbocycles. The van der Waals surface area contributed by atoms with Gasteiger partial charge in [0, 0.05) is 30.4 Å². The van der Waals surface area contributed by atoms with Crippen LogP contribution in [0.25, 0.3) is 0 Å². The van der Waals surface area contributed by atoms with Crippen molar-refractivity contribution in [3.63, 3.8) is 0 Å². The molecule has 1 saturated carbocycles. The van der Waals surface area contributed by atoms with Crippen LogP contribution in [0.5, 0.6) is 0 Å². The smallest absolute Gasteiger partial charge is 0.258 e. The second-order valence-electron chi connectivity index (χ2n) is 7.01. The van der Waals surface area contributed by atoms with Crippen LogP contribution in [-0.4, -0.2) is 43.7 Å². The third kappa shape index (κ3) is 4.85. The lowest BCUT2D eigenvalue weighted by atomic mass is 10.1. The fourth-order valence-corrected chi connectivity index (χ4v) is 4.47. The molecule has 160 valence electrons. The second kappa shape index (κ2) is 8.93. The van der Waals surface area contributed by atoms with Crippen LogP contribution >= 0.6 is 0 Å². The first kappa shape index (κ1) is 21.9. The number of halogens is 1. The van der Waals surface area contributed by atoms with E-state index in [0.29, 0.717) is 11.3 Å². The lowest BCUT2D eigenvalue weighted by molar-refractivity contribution is 0.0949. The normalized spacial score (nSPS) is 13.9. The van der Waals surface area contributed by atoms with Crippen LogP contribution in [0.15, 0.2) is 47.4 Å². The predicted molar refractivity (Wildman–Crippen MR) is 111 cm³/mol. The fraction of sp³-hybridized carbons (Fsp3) is 0.333. The van der Waals surface area contributed by atoms with E-state index in [2.05, 4.69) is 10.6 Å². The number of amides is 2. The summed E-state index contributed by atoms with van der Waals surface area (Å²) < 4.78 is 40.9. The van der Waals surface area contributed by atoms with Crippen molar-refractivity contribution in [1.82, 2.24) is 9.62 Å². The molecule has 30 heavy (non-hydrogen) atoms. The van der Waals surface area contributed by atoms with Gasteiger partial charge < -0.3 is 10.6 Å². The van der Waals surface area contributed by atoms with Gasteiger partial charge in [0.15, 0.2) is 0 Å². The van der Waals surface area contributed by atoms with Gasteiger partial charge in [-0.05, 0) is 49.2 Å². The Balaban J connectivity index is 1.82. The Morgan fingerprint density at radius 3 is 2.40 bits per heavy atom. The van der Waals surface area contributed by atoms with Crippen LogP contribution < -0.4 is 10.6 Å². The molecule has 1 fully saturated rings. The SMILES string of the molecule is CCN(CC)S(=O)(=O)c1ccc(F)c(C(=O)Nc2cccc(C(=O)NC3CC3)c2)c1. The highest BCUT2D eigenvalue weighted by Gasteiger charge is 2.25. The van der Waals surface area contributed by atoms with Crippen molar-refractivity contribution < 1.29 is 22.4 Å². The summed E-state index contributed by atoms with van der Waals surface area (Å²) in [5.74, 6) is -1.88. The van der Waals surface area contributed by atoms with Crippen molar-refractivity contribution in [2.75, 3.05) is 18.4 Å². The van der Waals surface area contributed by atoms with Crippen molar-refractivity contribution in [1.29, 1.82) is 0 Å². The molecular weight excluding hydrogens is 409 g/mol. The Morgan fingerprint density at radius 1 is 1.07 bits per heavy atom. The summed E-state index contributed by atoms with van der Waals surface area (Å²) in [5.41, 5.74) is 0.286. The number of hydrogen-bond donors (Lipinski definition) is 2. The Labute approximate surface area is 175 Å². The second-order valence-corrected chi connectivity index (χ2v) is 8.95. The summed E-state index contributed by atoms with van der Waals surface area (Å²) in [7, 11) is -3.84. The zero-order chi connectivity index (χ0) is 21.9. The molecule has 2 N–H and O–H groups in total. The summed E-state index contributed by atoms with van der Waals surface area (Å²) in [6.07, 6.45) is 1.91. The number of nitrogens with zero attached hydrogens (tertiary/aromatic N) is 1. The summed E-state index contributed by atoms with van der Waals surface area (Å²) in [4.78, 5) is 24.7. The minimum atomic E-state index is -3.84. The fourth-order valence-electron chi connectivity index (χ4n) is 2.98. The molecule has 0 aliphatic heterocycles. The Bertz CT molecular complexity index is 1060. The standard InChI is InChI=1S/C21H24FN3O4S/c1-3-25(4-2)30(28,29)17-10-11-19(22)18(13-17)21(27)24-16-7-5-6-14(12-16)20(26)23-15-8-9-15/h5-7,10-13,15H,3-4,8-9H2,1-2H3,(H,23,26)(H,24,27). The first-order chi connectivity index (χ1) is 14.3. The topological polar surface area (TPSA) is 95.6 Å². The number of sulfonamides is 1. The highest BCUT2D eigenvalue weighted by atomic mass is 32.2. The molecule has 0 radical (unpaired) electrons. The van der Waals surface area contributed by atoms with Gasteiger partial charge in [0.25, 0.3) is 11.8 Å². The van der Waals surface area contributed by atoms with Crippen molar-refractivity contribution in [3.8, 4) is 0 Å². The molecule has 9 heteroatoms. The number of benzene rings is 2. The van der Waals surface area contributed by atoms with Gasteiger partial charge in [-0.15, -0.1) is 0 Å². The number of carbonyl (C=O) groups excluding carboxylic acids is 2. The first-order valence-electron chi connectivity index (χ1n) is 9.78. The Hall–Kier alpha value is -2.78. The number of carbonyl (C=O) groups is 2. The van der Waals surface area contributed by atoms with Gasteiger partial charge >= 0.3 is 0 Å². The van der Waals surface area contributed by atoms with E-state index in [4.69, 9.17) is 0 Å². The van der Waals surface area contributed by atoms with Gasteiger partial charge in [-0.3, -0.25) is 9.59 Å². The Morgan fingerprint density at radius 2 is 1.77 bits per heavy atom. The summed E-state index contributed by atoms with van der Waals surface area (Å²) in [5, 5.41) is 5.39. The molecule has 3 rings (SSSR count). The maximum absolute atomic E-state index is 14.3. The van der Waals surface area contributed by atoms with Crippen molar-refractivity contribution in [3.05, 3.63) is 59.4 Å². The van der Waals surface area contributed by atoms with Crippen LogP contribution in [0.1, 0.15) is 47.4 Å². The molecule has 0 bridgehead atoms. The van der Waals surface area contributed by atoms with Crippen molar-refractivity contribution in [2.45, 2.75) is 37.6 Å². The summed E-state index contributed by atoms with van der Waals surface area (Å²) in [6, 6.07) is 9.61. The molecule has 7 nitrogen and oxygen atoms in total.